The number of nitrogens with zero attached hydrogens (tertiary/aromatic N) is 5. The van der Waals surface area contributed by atoms with Crippen LogP contribution in [0.4, 0.5) is 38.1 Å². The molecule has 2 fully saturated rings. The largest absolute Gasteiger partial charge is 0.480 e. The van der Waals surface area contributed by atoms with E-state index in [1.807, 2.05) is 4.90 Å². The zero-order valence-corrected chi connectivity index (χ0v) is 24.9. The van der Waals surface area contributed by atoms with Gasteiger partial charge in [-0.3, -0.25) is 4.79 Å². The van der Waals surface area contributed by atoms with Crippen LogP contribution in [-0.4, -0.2) is 62.7 Å². The molecular formula is C31H29F6N7O3. The first-order valence-electron chi connectivity index (χ1n) is 14.6. The van der Waals surface area contributed by atoms with Gasteiger partial charge in [-0.1, -0.05) is 12.1 Å². The van der Waals surface area contributed by atoms with Gasteiger partial charge in [0.15, 0.2) is 17.5 Å². The van der Waals surface area contributed by atoms with Crippen molar-refractivity contribution >= 4 is 17.7 Å². The number of rotatable bonds is 7. The Morgan fingerprint density at radius 1 is 1.06 bits per heavy atom. The van der Waals surface area contributed by atoms with E-state index in [9.17, 15) is 36.2 Å². The normalized spacial score (nSPS) is 18.4. The second-order valence-corrected chi connectivity index (χ2v) is 11.9. The van der Waals surface area contributed by atoms with Crippen molar-refractivity contribution in [2.45, 2.75) is 44.5 Å². The van der Waals surface area contributed by atoms with Gasteiger partial charge >= 0.3 is 12.1 Å². The number of aromatic nitrogens is 4. The first-order valence-corrected chi connectivity index (χ1v) is 14.6. The van der Waals surface area contributed by atoms with Crippen molar-refractivity contribution in [2.75, 3.05) is 30.3 Å². The number of piperidine rings is 1. The number of ether oxygens (including phenoxy) is 1. The summed E-state index contributed by atoms with van der Waals surface area (Å²) in [6, 6.07) is 7.21. The van der Waals surface area contributed by atoms with Crippen LogP contribution < -0.4 is 20.7 Å². The minimum absolute atomic E-state index is 0.0965. The predicted octanol–water partition coefficient (Wildman–Crippen LogP) is 5.35. The number of nitrogens with one attached hydrogen (secondary N) is 1. The lowest BCUT2D eigenvalue weighted by molar-refractivity contribution is -0.198. The summed E-state index contributed by atoms with van der Waals surface area (Å²) < 4.78 is 92.6. The van der Waals surface area contributed by atoms with Gasteiger partial charge < -0.3 is 25.8 Å². The highest BCUT2D eigenvalue weighted by Crippen LogP contribution is 2.43. The van der Waals surface area contributed by atoms with Gasteiger partial charge in [-0.05, 0) is 67.0 Å². The van der Waals surface area contributed by atoms with E-state index in [1.54, 1.807) is 13.0 Å². The highest BCUT2D eigenvalue weighted by Gasteiger charge is 2.46. The summed E-state index contributed by atoms with van der Waals surface area (Å²) >= 11 is 0. The van der Waals surface area contributed by atoms with Crippen LogP contribution in [0.2, 0.25) is 0 Å². The number of hydrogen-bond donors (Lipinski definition) is 3. The number of nitrogen functional groups attached to an aromatic ring is 1. The Morgan fingerprint density at radius 2 is 1.77 bits per heavy atom. The molecule has 10 nitrogen and oxygen atoms in total. The summed E-state index contributed by atoms with van der Waals surface area (Å²) in [4.78, 5) is 21.4. The topological polar surface area (TPSA) is 131 Å². The third-order valence-electron chi connectivity index (χ3n) is 8.65. The lowest BCUT2D eigenvalue weighted by Crippen LogP contribution is -2.41. The van der Waals surface area contributed by atoms with Crippen molar-refractivity contribution in [1.29, 1.82) is 0 Å². The summed E-state index contributed by atoms with van der Waals surface area (Å²) in [5, 5.41) is 16.6. The van der Waals surface area contributed by atoms with Gasteiger partial charge in [0.05, 0.1) is 11.4 Å². The molecule has 4 heterocycles. The number of carboxylic acids is 1. The number of aryl methyl sites for hydroxylation is 1. The van der Waals surface area contributed by atoms with Crippen LogP contribution in [0.3, 0.4) is 0 Å². The van der Waals surface area contributed by atoms with E-state index in [0.717, 1.165) is 18.2 Å². The molecule has 0 aliphatic carbocycles. The molecule has 2 aliphatic heterocycles. The standard InChI is InChI=1S/C31H29F6N7O3/c1-16-4-7-44(42-16)23-12-17(18-10-20(32)26(34)21(33)11-18)2-3-19(23)27(31(35,36)37)47-25-13-24(40-29(38)41-25)43-8-5-30(6-9-43)14-22(28(45)46)39-15-30/h2-4,7,10-13,22,27,39H,5-6,8-9,14-15H2,1H3,(H,45,46)(H2,38,40,41). The quantitative estimate of drug-likeness (QED) is 0.177. The Balaban J connectivity index is 1.32. The average molecular weight is 662 g/mol. The predicted molar refractivity (Wildman–Crippen MR) is 157 cm³/mol. The maximum Gasteiger partial charge on any atom is 0.429 e. The van der Waals surface area contributed by atoms with Crippen LogP contribution in [-0.2, 0) is 4.79 Å². The molecule has 2 aromatic heterocycles. The lowest BCUT2D eigenvalue weighted by atomic mass is 9.76. The van der Waals surface area contributed by atoms with E-state index >= 15 is 0 Å². The van der Waals surface area contributed by atoms with Gasteiger partial charge in [0.2, 0.25) is 17.9 Å². The van der Waals surface area contributed by atoms with E-state index in [0.29, 0.717) is 44.6 Å². The molecular weight excluding hydrogens is 632 g/mol. The summed E-state index contributed by atoms with van der Waals surface area (Å²) in [7, 11) is 0. The molecule has 4 N–H and O–H groups in total. The van der Waals surface area contributed by atoms with Crippen molar-refractivity contribution in [3.8, 4) is 22.7 Å². The third-order valence-corrected chi connectivity index (χ3v) is 8.65. The molecule has 16 heteroatoms. The molecule has 6 rings (SSSR count). The molecule has 4 aromatic rings. The lowest BCUT2D eigenvalue weighted by Gasteiger charge is -2.39. The molecule has 2 aromatic carbocycles. The molecule has 248 valence electrons. The summed E-state index contributed by atoms with van der Waals surface area (Å²) in [6.45, 7) is 3.10. The van der Waals surface area contributed by atoms with Crippen LogP contribution in [0, 0.1) is 29.8 Å². The summed E-state index contributed by atoms with van der Waals surface area (Å²) in [6.07, 6.45) is -4.42. The number of aliphatic carboxylic acids is 1. The molecule has 0 radical (unpaired) electrons. The highest BCUT2D eigenvalue weighted by atomic mass is 19.4. The van der Waals surface area contributed by atoms with Crippen LogP contribution in [0.1, 0.15) is 36.6 Å². The minimum atomic E-state index is -4.99. The van der Waals surface area contributed by atoms with Gasteiger partial charge in [0.1, 0.15) is 11.9 Å². The Labute approximate surface area is 264 Å². The molecule has 47 heavy (non-hydrogen) atoms. The van der Waals surface area contributed by atoms with Gasteiger partial charge in [0, 0.05) is 37.5 Å². The molecule has 0 saturated carbocycles. The third kappa shape index (κ3) is 6.54. The van der Waals surface area contributed by atoms with Crippen LogP contribution in [0.25, 0.3) is 16.8 Å². The van der Waals surface area contributed by atoms with E-state index in [1.165, 1.54) is 29.1 Å². The smallest absolute Gasteiger partial charge is 0.429 e. The molecule has 0 bridgehead atoms. The number of carbonyl (C=O) groups is 1. The fraction of sp³-hybridized carbons (Fsp3) is 0.355. The Bertz CT molecular complexity index is 1800. The SMILES string of the molecule is Cc1ccn(-c2cc(-c3cc(F)c(F)c(F)c3)ccc2C(Oc2cc(N3CCC4(CC3)CNC(C(=O)O)C4)nc(N)n2)C(F)(F)F)n1. The molecule has 2 atom stereocenters. The van der Waals surface area contributed by atoms with Crippen molar-refractivity contribution in [2.24, 2.45) is 5.41 Å². The minimum Gasteiger partial charge on any atom is -0.480 e. The first-order chi connectivity index (χ1) is 22.2. The second kappa shape index (κ2) is 12.1. The maximum atomic E-state index is 14.8. The molecule has 2 aliphatic rings. The van der Waals surface area contributed by atoms with Crippen molar-refractivity contribution in [3.05, 3.63) is 77.4 Å². The van der Waals surface area contributed by atoms with Crippen LogP contribution in [0.5, 0.6) is 5.88 Å². The van der Waals surface area contributed by atoms with Gasteiger partial charge in [-0.2, -0.15) is 28.2 Å². The number of nitrogens with two attached hydrogens (primary N) is 1. The highest BCUT2D eigenvalue weighted by molar-refractivity contribution is 5.74. The fourth-order valence-corrected chi connectivity index (χ4v) is 6.18. The van der Waals surface area contributed by atoms with E-state index < -0.39 is 53.2 Å². The number of carboxylic acid groups (broad SMARTS) is 1. The van der Waals surface area contributed by atoms with Crippen LogP contribution in [0.15, 0.2) is 48.7 Å². The second-order valence-electron chi connectivity index (χ2n) is 11.9. The number of hydrogen-bond acceptors (Lipinski definition) is 8. The van der Waals surface area contributed by atoms with E-state index in [4.69, 9.17) is 10.5 Å². The monoisotopic (exact) mass is 661 g/mol. The van der Waals surface area contributed by atoms with E-state index in [2.05, 4.69) is 20.4 Å². The van der Waals surface area contributed by atoms with E-state index in [-0.39, 0.29) is 34.0 Å². The number of benzene rings is 2. The number of halogens is 6. The number of alkyl halides is 3. The Kier molecular flexibility index (Phi) is 8.23. The molecule has 1 spiro atoms. The summed E-state index contributed by atoms with van der Waals surface area (Å²) in [5.41, 5.74) is 5.66. The van der Waals surface area contributed by atoms with Gasteiger partial charge in [-0.15, -0.1) is 0 Å². The van der Waals surface area contributed by atoms with Crippen molar-refractivity contribution < 1.29 is 41.0 Å². The first kappa shape index (κ1) is 32.1. The molecule has 0 amide bonds. The van der Waals surface area contributed by atoms with Crippen molar-refractivity contribution in [1.82, 2.24) is 25.1 Å². The number of anilines is 2. The summed E-state index contributed by atoms with van der Waals surface area (Å²) in [5.74, 6) is -6.00. The zero-order valence-electron chi connectivity index (χ0n) is 24.9. The van der Waals surface area contributed by atoms with Crippen LogP contribution >= 0.6 is 0 Å². The Hall–Kier alpha value is -4.86. The molecule has 2 unspecified atom stereocenters. The zero-order chi connectivity index (χ0) is 33.7. The maximum absolute atomic E-state index is 14.8. The average Bonchev–Trinajstić information content (AvgIpc) is 3.64. The van der Waals surface area contributed by atoms with Gasteiger partial charge in [-0.25, -0.2) is 17.9 Å². The Morgan fingerprint density at radius 3 is 2.36 bits per heavy atom. The molecule has 2 saturated heterocycles. The fourth-order valence-electron chi connectivity index (χ4n) is 6.18. The van der Waals surface area contributed by atoms with Crippen molar-refractivity contribution in [3.63, 3.8) is 0 Å². The van der Waals surface area contributed by atoms with Gasteiger partial charge in [0.25, 0.3) is 0 Å².